The first-order valence-corrected chi connectivity index (χ1v) is 11.4. The Labute approximate surface area is 205 Å². The molecule has 0 aromatic heterocycles. The number of esters is 1. The van der Waals surface area contributed by atoms with Crippen LogP contribution >= 0.6 is 23.4 Å². The fourth-order valence-corrected chi connectivity index (χ4v) is 3.99. The number of rotatable bonds is 9. The number of thioether (sulfide) groups is 1. The van der Waals surface area contributed by atoms with E-state index in [1.165, 1.54) is 18.2 Å². The fourth-order valence-electron chi connectivity index (χ4n) is 2.97. The number of anilines is 1. The molecule has 2 aromatic carbocycles. The van der Waals surface area contributed by atoms with Gasteiger partial charge in [0.05, 0.1) is 22.1 Å². The standard InChI is InChI=1S/C24H21ClN2O6S/c1-3-11-33-19-8-6-5-7-15(19)12-20-22(29)27(24(31)34-20)14-21(28)26-16-9-10-18(25)17(13-16)23(30)32-4-2/h3,5-10,12-13H,1,4,11,14H2,2H3,(H,26,28)/b20-12-. The molecule has 0 unspecified atom stereocenters. The number of benzene rings is 2. The molecule has 1 saturated heterocycles. The third kappa shape index (κ3) is 6.06. The minimum Gasteiger partial charge on any atom is -0.489 e. The molecule has 0 aliphatic carbocycles. The van der Waals surface area contributed by atoms with Crippen molar-refractivity contribution in [2.75, 3.05) is 25.1 Å². The first-order valence-electron chi connectivity index (χ1n) is 10.2. The van der Waals surface area contributed by atoms with Gasteiger partial charge in [0, 0.05) is 11.3 Å². The van der Waals surface area contributed by atoms with E-state index in [0.29, 0.717) is 11.3 Å². The van der Waals surface area contributed by atoms with Crippen molar-refractivity contribution in [2.24, 2.45) is 0 Å². The molecule has 0 atom stereocenters. The van der Waals surface area contributed by atoms with Crippen LogP contribution in [0, 0.1) is 0 Å². The number of carbonyl (C=O) groups excluding carboxylic acids is 4. The van der Waals surface area contributed by atoms with Crippen molar-refractivity contribution in [3.8, 4) is 5.75 Å². The molecule has 0 spiro atoms. The Bertz CT molecular complexity index is 1180. The predicted octanol–water partition coefficient (Wildman–Crippen LogP) is 4.76. The summed E-state index contributed by atoms with van der Waals surface area (Å²) in [5, 5.41) is 2.16. The third-order valence-electron chi connectivity index (χ3n) is 4.48. The van der Waals surface area contributed by atoms with Crippen LogP contribution in [0.5, 0.6) is 5.75 Å². The molecule has 34 heavy (non-hydrogen) atoms. The molecule has 1 N–H and O–H groups in total. The average Bonchev–Trinajstić information content (AvgIpc) is 3.07. The molecule has 3 amide bonds. The average molecular weight is 501 g/mol. The van der Waals surface area contributed by atoms with Crippen LogP contribution in [0.1, 0.15) is 22.8 Å². The van der Waals surface area contributed by atoms with Crippen LogP contribution in [0.2, 0.25) is 5.02 Å². The van der Waals surface area contributed by atoms with E-state index >= 15 is 0 Å². The summed E-state index contributed by atoms with van der Waals surface area (Å²) in [6.07, 6.45) is 3.14. The largest absolute Gasteiger partial charge is 0.489 e. The maximum Gasteiger partial charge on any atom is 0.339 e. The third-order valence-corrected chi connectivity index (χ3v) is 5.72. The van der Waals surface area contributed by atoms with E-state index in [1.54, 1.807) is 43.3 Å². The number of halogens is 1. The summed E-state index contributed by atoms with van der Waals surface area (Å²) in [4.78, 5) is 50.7. The minimum atomic E-state index is -0.628. The summed E-state index contributed by atoms with van der Waals surface area (Å²) in [7, 11) is 0. The van der Waals surface area contributed by atoms with E-state index in [2.05, 4.69) is 11.9 Å². The van der Waals surface area contributed by atoms with Crippen LogP contribution in [0.25, 0.3) is 6.08 Å². The SMILES string of the molecule is C=CCOc1ccccc1/C=C1\SC(=O)N(CC(=O)Nc2ccc(Cl)c(C(=O)OCC)c2)C1=O. The quantitative estimate of drug-likeness (QED) is 0.301. The lowest BCUT2D eigenvalue weighted by molar-refractivity contribution is -0.127. The zero-order valence-electron chi connectivity index (χ0n) is 18.2. The lowest BCUT2D eigenvalue weighted by atomic mass is 10.2. The first-order chi connectivity index (χ1) is 16.3. The van der Waals surface area contributed by atoms with Crippen molar-refractivity contribution in [1.82, 2.24) is 4.90 Å². The van der Waals surface area contributed by atoms with E-state index < -0.39 is 29.6 Å². The number of nitrogens with zero attached hydrogens (tertiary/aromatic N) is 1. The maximum atomic E-state index is 12.8. The number of imide groups is 1. The summed E-state index contributed by atoms with van der Waals surface area (Å²) in [6, 6.07) is 11.4. The van der Waals surface area contributed by atoms with Gasteiger partial charge in [-0.15, -0.1) is 0 Å². The summed E-state index contributed by atoms with van der Waals surface area (Å²) in [5.74, 6) is -1.30. The molecule has 1 fully saturated rings. The molecule has 3 rings (SSSR count). The molecule has 8 nitrogen and oxygen atoms in total. The normalized spacial score (nSPS) is 14.3. The highest BCUT2D eigenvalue weighted by atomic mass is 35.5. The molecule has 0 bridgehead atoms. The van der Waals surface area contributed by atoms with Crippen molar-refractivity contribution in [3.63, 3.8) is 0 Å². The number of para-hydroxylation sites is 1. The first kappa shape index (κ1) is 25.1. The Morgan fingerprint density at radius 1 is 1.21 bits per heavy atom. The highest BCUT2D eigenvalue weighted by Gasteiger charge is 2.36. The predicted molar refractivity (Wildman–Crippen MR) is 131 cm³/mol. The number of hydrogen-bond donors (Lipinski definition) is 1. The molecular weight excluding hydrogens is 480 g/mol. The number of hydrogen-bond acceptors (Lipinski definition) is 7. The van der Waals surface area contributed by atoms with Gasteiger partial charge in [-0.3, -0.25) is 19.3 Å². The van der Waals surface area contributed by atoms with Crippen LogP contribution in [0.3, 0.4) is 0 Å². The molecule has 0 saturated carbocycles. The monoisotopic (exact) mass is 500 g/mol. The van der Waals surface area contributed by atoms with Crippen LogP contribution in [-0.2, 0) is 14.3 Å². The van der Waals surface area contributed by atoms with Crippen LogP contribution in [-0.4, -0.2) is 47.7 Å². The second-order valence-corrected chi connectivity index (χ2v) is 8.27. The molecule has 0 radical (unpaired) electrons. The Kier molecular flexibility index (Phi) is 8.50. The number of amides is 3. The van der Waals surface area contributed by atoms with Crippen molar-refractivity contribution < 1.29 is 28.7 Å². The van der Waals surface area contributed by atoms with Crippen molar-refractivity contribution in [2.45, 2.75) is 6.92 Å². The molecular formula is C24H21ClN2O6S. The highest BCUT2D eigenvalue weighted by Crippen LogP contribution is 2.34. The zero-order chi connectivity index (χ0) is 24.7. The topological polar surface area (TPSA) is 102 Å². The molecule has 1 heterocycles. The van der Waals surface area contributed by atoms with Gasteiger partial charge in [0.25, 0.3) is 11.1 Å². The summed E-state index contributed by atoms with van der Waals surface area (Å²) < 4.78 is 10.5. The second kappa shape index (κ2) is 11.5. The van der Waals surface area contributed by atoms with E-state index in [4.69, 9.17) is 21.1 Å². The van der Waals surface area contributed by atoms with Crippen LogP contribution in [0.4, 0.5) is 10.5 Å². The Hall–Kier alpha value is -3.56. The van der Waals surface area contributed by atoms with Gasteiger partial charge < -0.3 is 14.8 Å². The zero-order valence-corrected chi connectivity index (χ0v) is 19.8. The lowest BCUT2D eigenvalue weighted by Gasteiger charge is -2.13. The minimum absolute atomic E-state index is 0.0905. The second-order valence-electron chi connectivity index (χ2n) is 6.87. The summed E-state index contributed by atoms with van der Waals surface area (Å²) in [5.41, 5.74) is 0.980. The summed E-state index contributed by atoms with van der Waals surface area (Å²) >= 11 is 6.76. The lowest BCUT2D eigenvalue weighted by Crippen LogP contribution is -2.36. The number of ether oxygens (including phenoxy) is 2. The Morgan fingerprint density at radius 3 is 2.71 bits per heavy atom. The Morgan fingerprint density at radius 2 is 1.97 bits per heavy atom. The van der Waals surface area contributed by atoms with E-state index in [1.807, 2.05) is 0 Å². The van der Waals surface area contributed by atoms with E-state index in [0.717, 1.165) is 16.7 Å². The molecule has 10 heteroatoms. The highest BCUT2D eigenvalue weighted by molar-refractivity contribution is 8.18. The molecule has 1 aliphatic heterocycles. The summed E-state index contributed by atoms with van der Waals surface area (Å²) in [6.45, 7) is 5.23. The van der Waals surface area contributed by atoms with Gasteiger partial charge in [-0.2, -0.15) is 0 Å². The van der Waals surface area contributed by atoms with Crippen LogP contribution in [0.15, 0.2) is 60.0 Å². The van der Waals surface area contributed by atoms with Gasteiger partial charge in [-0.25, -0.2) is 4.79 Å². The van der Waals surface area contributed by atoms with Crippen molar-refractivity contribution in [3.05, 3.63) is 76.2 Å². The number of nitrogens with one attached hydrogen (secondary N) is 1. The van der Waals surface area contributed by atoms with Gasteiger partial charge >= 0.3 is 5.97 Å². The van der Waals surface area contributed by atoms with Crippen molar-refractivity contribution >= 4 is 58.1 Å². The number of carbonyl (C=O) groups is 4. The van der Waals surface area contributed by atoms with E-state index in [-0.39, 0.29) is 34.4 Å². The van der Waals surface area contributed by atoms with Crippen molar-refractivity contribution in [1.29, 1.82) is 0 Å². The van der Waals surface area contributed by atoms with Gasteiger partial charge in [0.2, 0.25) is 5.91 Å². The van der Waals surface area contributed by atoms with Gasteiger partial charge in [-0.1, -0.05) is 42.5 Å². The fraction of sp³-hybridized carbons (Fsp3) is 0.167. The maximum absolute atomic E-state index is 12.8. The molecule has 2 aromatic rings. The van der Waals surface area contributed by atoms with Gasteiger partial charge in [-0.05, 0) is 49.0 Å². The van der Waals surface area contributed by atoms with Gasteiger partial charge in [0.15, 0.2) is 0 Å². The smallest absolute Gasteiger partial charge is 0.339 e. The Balaban J connectivity index is 1.71. The molecule has 1 aliphatic rings. The van der Waals surface area contributed by atoms with E-state index in [9.17, 15) is 19.2 Å². The molecule has 176 valence electrons. The van der Waals surface area contributed by atoms with Gasteiger partial charge in [0.1, 0.15) is 18.9 Å². The van der Waals surface area contributed by atoms with Crippen LogP contribution < -0.4 is 10.1 Å².